The van der Waals surface area contributed by atoms with Crippen LogP contribution in [0, 0.1) is 0 Å². The van der Waals surface area contributed by atoms with Crippen LogP contribution < -0.4 is 4.90 Å². The van der Waals surface area contributed by atoms with E-state index < -0.39 is 6.10 Å². The Morgan fingerprint density at radius 3 is 2.45 bits per heavy atom. The van der Waals surface area contributed by atoms with E-state index in [2.05, 4.69) is 39.8 Å². The minimum Gasteiger partial charge on any atom is -0.387 e. The molecule has 5 nitrogen and oxygen atoms in total. The Morgan fingerprint density at radius 1 is 1.25 bits per heavy atom. The minimum atomic E-state index is -0.494. The smallest absolute Gasteiger partial charge is 0.0931 e. The molecule has 1 atom stereocenters. The molecule has 0 aliphatic carbocycles. The predicted molar refractivity (Wildman–Crippen MR) is 82.1 cm³/mol. The van der Waals surface area contributed by atoms with Gasteiger partial charge in [-0.1, -0.05) is 0 Å². The van der Waals surface area contributed by atoms with E-state index in [1.807, 2.05) is 12.3 Å². The molecular weight excluding hydrogens is 252 g/mol. The van der Waals surface area contributed by atoms with Crippen molar-refractivity contribution in [1.29, 1.82) is 0 Å². The molecule has 0 saturated carbocycles. The molecule has 2 heterocycles. The number of aliphatic hydroxyl groups is 1. The van der Waals surface area contributed by atoms with Gasteiger partial charge in [-0.25, -0.2) is 0 Å². The van der Waals surface area contributed by atoms with Gasteiger partial charge in [0.15, 0.2) is 0 Å². The fraction of sp³-hybridized carbons (Fsp3) is 0.667. The van der Waals surface area contributed by atoms with E-state index in [9.17, 15) is 5.11 Å². The molecule has 0 radical (unpaired) electrons. The van der Waals surface area contributed by atoms with Crippen molar-refractivity contribution in [3.63, 3.8) is 0 Å². The number of rotatable bonds is 5. The number of aromatic nitrogens is 1. The second-order valence-corrected chi connectivity index (χ2v) is 5.75. The third-order valence-electron chi connectivity index (χ3n) is 3.80. The molecule has 1 N–H and O–H groups in total. The third kappa shape index (κ3) is 4.16. The molecule has 2 rings (SSSR count). The van der Waals surface area contributed by atoms with Crippen molar-refractivity contribution in [2.45, 2.75) is 13.0 Å². The van der Waals surface area contributed by atoms with Gasteiger partial charge < -0.3 is 14.9 Å². The van der Waals surface area contributed by atoms with Gasteiger partial charge in [-0.3, -0.25) is 9.88 Å². The van der Waals surface area contributed by atoms with Crippen molar-refractivity contribution in [3.8, 4) is 0 Å². The first kappa shape index (κ1) is 15.2. The largest absolute Gasteiger partial charge is 0.387 e. The molecule has 1 aromatic rings. The summed E-state index contributed by atoms with van der Waals surface area (Å²) in [5.41, 5.74) is 1.89. The van der Waals surface area contributed by atoms with E-state index in [1.54, 1.807) is 6.92 Å². The topological polar surface area (TPSA) is 42.8 Å². The quantitative estimate of drug-likeness (QED) is 0.864. The normalized spacial score (nSPS) is 18.6. The summed E-state index contributed by atoms with van der Waals surface area (Å²) < 4.78 is 0. The van der Waals surface area contributed by atoms with Crippen LogP contribution in [0.4, 0.5) is 5.69 Å². The van der Waals surface area contributed by atoms with Crippen LogP contribution in [0.25, 0.3) is 0 Å². The standard InChI is InChI=1S/C15H26N4O/c1-13(20)15-5-4-14(12-16-15)19-10-8-18(9-11-19)7-6-17(2)3/h4-5,12-13,20H,6-11H2,1-3H3/t13-/m0/s1. The zero-order valence-corrected chi connectivity index (χ0v) is 12.8. The number of hydrogen-bond acceptors (Lipinski definition) is 5. The molecule has 1 aliphatic rings. The lowest BCUT2D eigenvalue weighted by Crippen LogP contribution is -2.48. The van der Waals surface area contributed by atoms with Crippen molar-refractivity contribution in [1.82, 2.24) is 14.8 Å². The number of pyridine rings is 1. The highest BCUT2D eigenvalue weighted by atomic mass is 16.3. The van der Waals surface area contributed by atoms with Crippen LogP contribution in [0.3, 0.4) is 0 Å². The molecule has 0 spiro atoms. The Bertz CT molecular complexity index is 397. The molecule has 0 bridgehead atoms. The number of anilines is 1. The first-order chi connectivity index (χ1) is 9.56. The van der Waals surface area contributed by atoms with Crippen LogP contribution in [0.1, 0.15) is 18.7 Å². The Hall–Kier alpha value is -1.17. The number of hydrogen-bond donors (Lipinski definition) is 1. The Labute approximate surface area is 121 Å². The van der Waals surface area contributed by atoms with Gasteiger partial charge in [0.25, 0.3) is 0 Å². The molecule has 0 aromatic carbocycles. The van der Waals surface area contributed by atoms with E-state index in [0.717, 1.165) is 50.6 Å². The molecule has 1 aliphatic heterocycles. The molecule has 20 heavy (non-hydrogen) atoms. The zero-order chi connectivity index (χ0) is 14.5. The summed E-state index contributed by atoms with van der Waals surface area (Å²) in [4.78, 5) is 11.4. The summed E-state index contributed by atoms with van der Waals surface area (Å²) in [5, 5.41) is 9.48. The number of piperazine rings is 1. The van der Waals surface area contributed by atoms with Crippen molar-refractivity contribution < 1.29 is 5.11 Å². The lowest BCUT2D eigenvalue weighted by Gasteiger charge is -2.36. The van der Waals surface area contributed by atoms with Gasteiger partial charge in [-0.15, -0.1) is 0 Å². The van der Waals surface area contributed by atoms with Crippen LogP contribution in [-0.2, 0) is 0 Å². The van der Waals surface area contributed by atoms with Crippen LogP contribution in [0.2, 0.25) is 0 Å². The second kappa shape index (κ2) is 7.02. The summed E-state index contributed by atoms with van der Waals surface area (Å²) in [7, 11) is 4.23. The van der Waals surface area contributed by atoms with Gasteiger partial charge in [0.05, 0.1) is 23.7 Å². The summed E-state index contributed by atoms with van der Waals surface area (Å²) in [6, 6.07) is 3.98. The van der Waals surface area contributed by atoms with Gasteiger partial charge in [0, 0.05) is 39.3 Å². The maximum atomic E-state index is 9.48. The van der Waals surface area contributed by atoms with Gasteiger partial charge in [-0.05, 0) is 33.2 Å². The average Bonchev–Trinajstić information content (AvgIpc) is 2.46. The van der Waals surface area contributed by atoms with Crippen molar-refractivity contribution in [3.05, 3.63) is 24.0 Å². The molecule has 5 heteroatoms. The average molecular weight is 278 g/mol. The molecule has 1 fully saturated rings. The fourth-order valence-electron chi connectivity index (χ4n) is 2.40. The third-order valence-corrected chi connectivity index (χ3v) is 3.80. The lowest BCUT2D eigenvalue weighted by molar-refractivity contribution is 0.194. The van der Waals surface area contributed by atoms with Crippen LogP contribution in [0.5, 0.6) is 0 Å². The molecule has 0 unspecified atom stereocenters. The predicted octanol–water partition coefficient (Wildman–Crippen LogP) is 0.818. The summed E-state index contributed by atoms with van der Waals surface area (Å²) >= 11 is 0. The van der Waals surface area contributed by atoms with Crippen molar-refractivity contribution in [2.24, 2.45) is 0 Å². The van der Waals surface area contributed by atoms with E-state index in [4.69, 9.17) is 0 Å². The molecule has 112 valence electrons. The lowest BCUT2D eigenvalue weighted by atomic mass is 10.2. The van der Waals surface area contributed by atoms with Crippen molar-refractivity contribution in [2.75, 3.05) is 58.3 Å². The molecular formula is C15H26N4O. The highest BCUT2D eigenvalue weighted by Crippen LogP contribution is 2.17. The summed E-state index contributed by atoms with van der Waals surface area (Å²) in [6.07, 6.45) is 1.38. The summed E-state index contributed by atoms with van der Waals surface area (Å²) in [6.45, 7) is 8.29. The Kier molecular flexibility index (Phi) is 5.34. The zero-order valence-electron chi connectivity index (χ0n) is 12.8. The maximum Gasteiger partial charge on any atom is 0.0931 e. The fourth-order valence-corrected chi connectivity index (χ4v) is 2.40. The van der Waals surface area contributed by atoms with Gasteiger partial charge >= 0.3 is 0 Å². The molecule has 1 saturated heterocycles. The Balaban J connectivity index is 1.84. The van der Waals surface area contributed by atoms with E-state index in [1.165, 1.54) is 0 Å². The Morgan fingerprint density at radius 2 is 1.95 bits per heavy atom. The minimum absolute atomic E-state index is 0.494. The number of aliphatic hydroxyl groups excluding tert-OH is 1. The van der Waals surface area contributed by atoms with Crippen LogP contribution >= 0.6 is 0 Å². The van der Waals surface area contributed by atoms with Crippen molar-refractivity contribution >= 4 is 5.69 Å². The first-order valence-electron chi connectivity index (χ1n) is 7.32. The maximum absolute atomic E-state index is 9.48. The van der Waals surface area contributed by atoms with Crippen LogP contribution in [-0.4, -0.2) is 73.3 Å². The van der Waals surface area contributed by atoms with Gasteiger partial charge in [0.2, 0.25) is 0 Å². The second-order valence-electron chi connectivity index (χ2n) is 5.75. The molecule has 1 aromatic heterocycles. The van der Waals surface area contributed by atoms with E-state index >= 15 is 0 Å². The van der Waals surface area contributed by atoms with Crippen LogP contribution in [0.15, 0.2) is 18.3 Å². The number of likely N-dealkylation sites (N-methyl/N-ethyl adjacent to an activating group) is 1. The first-order valence-corrected chi connectivity index (χ1v) is 7.32. The number of nitrogens with zero attached hydrogens (tertiary/aromatic N) is 4. The van der Waals surface area contributed by atoms with Gasteiger partial charge in [0.1, 0.15) is 0 Å². The monoisotopic (exact) mass is 278 g/mol. The van der Waals surface area contributed by atoms with Gasteiger partial charge in [-0.2, -0.15) is 0 Å². The molecule has 0 amide bonds. The highest BCUT2D eigenvalue weighted by Gasteiger charge is 2.17. The SMILES string of the molecule is C[C@H](O)c1ccc(N2CCN(CCN(C)C)CC2)cn1. The summed E-state index contributed by atoms with van der Waals surface area (Å²) in [5.74, 6) is 0. The van der Waals surface area contributed by atoms with E-state index in [-0.39, 0.29) is 0 Å². The van der Waals surface area contributed by atoms with E-state index in [0.29, 0.717) is 0 Å². The highest BCUT2D eigenvalue weighted by molar-refractivity contribution is 5.45.